The Labute approximate surface area is 128 Å². The van der Waals surface area contributed by atoms with Crippen molar-refractivity contribution in [2.45, 2.75) is 6.42 Å². The van der Waals surface area contributed by atoms with Crippen molar-refractivity contribution in [3.8, 4) is 0 Å². The lowest BCUT2D eigenvalue weighted by Crippen LogP contribution is -1.93. The first-order valence-corrected chi connectivity index (χ1v) is 7.28. The van der Waals surface area contributed by atoms with Crippen LogP contribution in [-0.4, -0.2) is 5.88 Å². The van der Waals surface area contributed by atoms with E-state index in [1.54, 1.807) is 0 Å². The monoisotopic (exact) mass is 310 g/mol. The number of hydrogen-bond acceptors (Lipinski definition) is 0. The van der Waals surface area contributed by atoms with Gasteiger partial charge in [-0.2, -0.15) is 0 Å². The molecule has 0 saturated carbocycles. The van der Waals surface area contributed by atoms with Gasteiger partial charge in [0.05, 0.1) is 0 Å². The average molecular weight is 312 g/mol. The van der Waals surface area contributed by atoms with Crippen LogP contribution in [0.2, 0.25) is 5.02 Å². The van der Waals surface area contributed by atoms with Gasteiger partial charge in [0.15, 0.2) is 0 Å². The van der Waals surface area contributed by atoms with Gasteiger partial charge in [-0.25, -0.2) is 0 Å². The molecule has 0 spiro atoms. The molecule has 0 N–H and O–H groups in total. The maximum Gasteiger partial charge on any atom is 0.0485 e. The van der Waals surface area contributed by atoms with E-state index >= 15 is 0 Å². The number of allylic oxidation sites excluding steroid dienone is 1. The average Bonchev–Trinajstić information content (AvgIpc) is 2.43. The molecule has 19 heavy (non-hydrogen) atoms. The normalized spacial score (nSPS) is 12.2. The van der Waals surface area contributed by atoms with E-state index in [1.165, 1.54) is 0 Å². The molecule has 0 aliphatic rings. The fraction of sp³-hybridized carbons (Fsp3) is 0.125. The van der Waals surface area contributed by atoms with E-state index in [0.29, 0.717) is 17.3 Å². The van der Waals surface area contributed by atoms with Gasteiger partial charge < -0.3 is 0 Å². The molecule has 0 heterocycles. The summed E-state index contributed by atoms with van der Waals surface area (Å²) in [6.45, 7) is 0. The van der Waals surface area contributed by atoms with Gasteiger partial charge in [0.25, 0.3) is 0 Å². The van der Waals surface area contributed by atoms with E-state index < -0.39 is 0 Å². The fourth-order valence-electron chi connectivity index (χ4n) is 1.93. The number of benzene rings is 2. The van der Waals surface area contributed by atoms with Crippen LogP contribution >= 0.6 is 34.8 Å². The first-order chi connectivity index (χ1) is 9.24. The molecule has 2 rings (SSSR count). The first kappa shape index (κ1) is 14.5. The van der Waals surface area contributed by atoms with Gasteiger partial charge in [0.1, 0.15) is 0 Å². The molecule has 0 fully saturated rings. The smallest absolute Gasteiger partial charge is 0.0485 e. The van der Waals surface area contributed by atoms with Crippen LogP contribution in [0.3, 0.4) is 0 Å². The molecule has 3 heteroatoms. The molecule has 0 saturated heterocycles. The van der Waals surface area contributed by atoms with Gasteiger partial charge >= 0.3 is 0 Å². The molecule has 0 aromatic heterocycles. The molecule has 2 aromatic carbocycles. The number of alkyl halides is 1. The molecule has 0 nitrogen and oxygen atoms in total. The van der Waals surface area contributed by atoms with E-state index in [1.807, 2.05) is 54.6 Å². The zero-order valence-electron chi connectivity index (χ0n) is 10.2. The maximum atomic E-state index is 6.42. The molecular formula is C16H13Cl3. The van der Waals surface area contributed by atoms with Crippen LogP contribution in [0, 0.1) is 0 Å². The van der Waals surface area contributed by atoms with Crippen LogP contribution in [0.1, 0.15) is 17.5 Å². The summed E-state index contributed by atoms with van der Waals surface area (Å²) in [5, 5.41) is 1.42. The van der Waals surface area contributed by atoms with Gasteiger partial charge in [-0.1, -0.05) is 71.7 Å². The second-order valence-electron chi connectivity index (χ2n) is 4.06. The van der Waals surface area contributed by atoms with Crippen LogP contribution in [0.5, 0.6) is 0 Å². The molecular weight excluding hydrogens is 299 g/mol. The topological polar surface area (TPSA) is 0 Å². The van der Waals surface area contributed by atoms with Crippen molar-refractivity contribution in [1.29, 1.82) is 0 Å². The van der Waals surface area contributed by atoms with Crippen molar-refractivity contribution in [1.82, 2.24) is 0 Å². The zero-order valence-corrected chi connectivity index (χ0v) is 12.5. The van der Waals surface area contributed by atoms with Gasteiger partial charge in [0, 0.05) is 27.1 Å². The predicted molar refractivity (Wildman–Crippen MR) is 85.1 cm³/mol. The number of hydrogen-bond donors (Lipinski definition) is 0. The summed E-state index contributed by atoms with van der Waals surface area (Å²) in [5.74, 6) is 0.486. The molecule has 2 aromatic rings. The lowest BCUT2D eigenvalue weighted by atomic mass is 9.97. The third kappa shape index (κ3) is 3.54. The van der Waals surface area contributed by atoms with E-state index in [2.05, 4.69) is 0 Å². The summed E-state index contributed by atoms with van der Waals surface area (Å²) < 4.78 is 0. The maximum absolute atomic E-state index is 6.42. The van der Waals surface area contributed by atoms with Gasteiger partial charge in [-0.3, -0.25) is 0 Å². The molecule has 0 aliphatic carbocycles. The third-order valence-corrected chi connectivity index (χ3v) is 3.69. The molecule has 0 bridgehead atoms. The standard InChI is InChI=1S/C16H13Cl3/c17-11-10-15(19)16(12-6-2-1-3-7-12)13-8-4-5-9-14(13)18/h1-9H,10-11H2/b16-15+. The first-order valence-electron chi connectivity index (χ1n) is 5.99. The third-order valence-electron chi connectivity index (χ3n) is 2.79. The van der Waals surface area contributed by atoms with E-state index in [9.17, 15) is 0 Å². The highest BCUT2D eigenvalue weighted by Crippen LogP contribution is 2.34. The summed E-state index contributed by atoms with van der Waals surface area (Å²) in [4.78, 5) is 0. The Hall–Kier alpha value is -0.950. The summed E-state index contributed by atoms with van der Waals surface area (Å²) in [5.41, 5.74) is 2.93. The summed E-state index contributed by atoms with van der Waals surface area (Å²) in [6.07, 6.45) is 0.624. The van der Waals surface area contributed by atoms with Crippen LogP contribution in [-0.2, 0) is 0 Å². The van der Waals surface area contributed by atoms with Crippen molar-refractivity contribution in [3.63, 3.8) is 0 Å². The van der Waals surface area contributed by atoms with Crippen LogP contribution in [0.15, 0.2) is 59.6 Å². The van der Waals surface area contributed by atoms with E-state index in [0.717, 1.165) is 21.7 Å². The Morgan fingerprint density at radius 1 is 0.895 bits per heavy atom. The van der Waals surface area contributed by atoms with Crippen molar-refractivity contribution in [2.75, 3.05) is 5.88 Å². The van der Waals surface area contributed by atoms with Gasteiger partial charge in [-0.15, -0.1) is 11.6 Å². The highest BCUT2D eigenvalue weighted by atomic mass is 35.5. The molecule has 0 unspecified atom stereocenters. The quantitative estimate of drug-likeness (QED) is 0.610. The van der Waals surface area contributed by atoms with Crippen molar-refractivity contribution in [2.24, 2.45) is 0 Å². The second kappa shape index (κ2) is 7.00. The van der Waals surface area contributed by atoms with Gasteiger partial charge in [0.2, 0.25) is 0 Å². The minimum Gasteiger partial charge on any atom is -0.126 e. The van der Waals surface area contributed by atoms with Crippen LogP contribution < -0.4 is 0 Å². The fourth-order valence-corrected chi connectivity index (χ4v) is 2.76. The minimum atomic E-state index is 0.486. The molecule has 0 atom stereocenters. The predicted octanol–water partition coefficient (Wildman–Crippen LogP) is 5.97. The zero-order chi connectivity index (χ0) is 13.7. The second-order valence-corrected chi connectivity index (χ2v) is 5.31. The molecule has 98 valence electrons. The van der Waals surface area contributed by atoms with Crippen molar-refractivity contribution < 1.29 is 0 Å². The van der Waals surface area contributed by atoms with Crippen molar-refractivity contribution >= 4 is 40.4 Å². The lowest BCUT2D eigenvalue weighted by molar-refractivity contribution is 1.20. The van der Waals surface area contributed by atoms with E-state index in [4.69, 9.17) is 34.8 Å². The summed E-state index contributed by atoms with van der Waals surface area (Å²) >= 11 is 18.5. The summed E-state index contributed by atoms with van der Waals surface area (Å²) in [6, 6.07) is 17.7. The largest absolute Gasteiger partial charge is 0.126 e. The molecule has 0 amide bonds. The highest BCUT2D eigenvalue weighted by Gasteiger charge is 2.12. The Morgan fingerprint density at radius 2 is 1.53 bits per heavy atom. The minimum absolute atomic E-state index is 0.486. The SMILES string of the molecule is ClCC/C(Cl)=C(/c1ccccc1)c1ccccc1Cl. The summed E-state index contributed by atoms with van der Waals surface area (Å²) in [7, 11) is 0. The van der Waals surface area contributed by atoms with Crippen LogP contribution in [0.4, 0.5) is 0 Å². The Bertz CT molecular complexity index is 574. The lowest BCUT2D eigenvalue weighted by Gasteiger charge is -2.13. The van der Waals surface area contributed by atoms with Gasteiger partial charge in [-0.05, 0) is 18.1 Å². The molecule has 0 radical (unpaired) electrons. The Morgan fingerprint density at radius 3 is 2.16 bits per heavy atom. The van der Waals surface area contributed by atoms with Crippen LogP contribution in [0.25, 0.3) is 5.57 Å². The van der Waals surface area contributed by atoms with E-state index in [-0.39, 0.29) is 0 Å². The Kier molecular flexibility index (Phi) is 5.33. The van der Waals surface area contributed by atoms with Crippen molar-refractivity contribution in [3.05, 3.63) is 75.8 Å². The number of rotatable bonds is 4. The molecule has 0 aliphatic heterocycles. The Balaban J connectivity index is 2.60. The highest BCUT2D eigenvalue weighted by molar-refractivity contribution is 6.36. The number of halogens is 3.